The molecule has 4 rings (SSSR count). The van der Waals surface area contributed by atoms with Crippen LogP contribution in [-0.4, -0.2) is 142 Å². The Bertz CT molecular complexity index is 1590. The van der Waals surface area contributed by atoms with Crippen LogP contribution in [0.4, 0.5) is 0 Å². The van der Waals surface area contributed by atoms with Crippen LogP contribution in [0.5, 0.6) is 0 Å². The number of rotatable bonds is 20. The number of esters is 1. The van der Waals surface area contributed by atoms with Gasteiger partial charge >= 0.3 is 5.97 Å². The van der Waals surface area contributed by atoms with E-state index < -0.39 is 79.5 Å². The molecule has 0 saturated carbocycles. The first-order valence-corrected chi connectivity index (χ1v) is 24.0. The fourth-order valence-electron chi connectivity index (χ4n) is 6.66. The van der Waals surface area contributed by atoms with Gasteiger partial charge in [0.2, 0.25) is 0 Å². The Morgan fingerprint density at radius 2 is 1.64 bits per heavy atom. The van der Waals surface area contributed by atoms with Gasteiger partial charge in [-0.3, -0.25) is 4.79 Å². The highest BCUT2D eigenvalue weighted by Gasteiger charge is 2.48. The van der Waals surface area contributed by atoms with E-state index in [1.807, 2.05) is 37.3 Å². The first-order chi connectivity index (χ1) is 27.9. The number of hydrogen-bond donors (Lipinski definition) is 7. The van der Waals surface area contributed by atoms with Gasteiger partial charge in [0.1, 0.15) is 45.7 Å². The molecular weight excluding hydrogens is 863 g/mol. The van der Waals surface area contributed by atoms with Gasteiger partial charge in [0, 0.05) is 28.7 Å². The number of thiocarbonyl (C=S) groups is 1. The summed E-state index contributed by atoms with van der Waals surface area (Å²) in [6.07, 6.45) is -12.3. The predicted octanol–water partition coefficient (Wildman–Crippen LogP) is 4.41. The van der Waals surface area contributed by atoms with E-state index >= 15 is 0 Å². The van der Waals surface area contributed by atoms with Crippen molar-refractivity contribution in [3.8, 4) is 0 Å². The van der Waals surface area contributed by atoms with Crippen LogP contribution in [0.25, 0.3) is 0 Å². The largest absolute Gasteiger partial charge is 0.465 e. The SMILES string of the molecule is CCSC(=S)SC(C)(C)C(CC(C)(C)C(C)C(=O)OCCSSc1ccccn1)c1ccc(C(O)OC[C@@H]2C[C@H](O)[C@@H](O)[C@@H](O[C@H]3O[C@H](CO)[C@@H](O)C(O)[C@H]3O)O2)cc1. The molecule has 0 amide bonds. The number of carbonyl (C=O) groups is 1. The summed E-state index contributed by atoms with van der Waals surface area (Å²) in [6.45, 7) is 11.8. The molecular formula is C40H59NO13S5. The maximum Gasteiger partial charge on any atom is 0.309 e. The maximum absolute atomic E-state index is 13.3. The van der Waals surface area contributed by atoms with E-state index in [1.165, 1.54) is 0 Å². The van der Waals surface area contributed by atoms with Gasteiger partial charge in [-0.15, -0.1) is 23.5 Å². The van der Waals surface area contributed by atoms with Crippen LogP contribution in [0.15, 0.2) is 53.7 Å². The minimum atomic E-state index is -1.74. The van der Waals surface area contributed by atoms with Crippen molar-refractivity contribution in [2.24, 2.45) is 11.3 Å². The number of aromatic nitrogens is 1. The molecule has 1 aromatic heterocycles. The molecule has 3 heterocycles. The van der Waals surface area contributed by atoms with E-state index in [0.29, 0.717) is 17.7 Å². The fourth-order valence-corrected chi connectivity index (χ4v) is 11.6. The van der Waals surface area contributed by atoms with E-state index in [9.17, 15) is 40.5 Å². The summed E-state index contributed by atoms with van der Waals surface area (Å²) in [5.74, 6) is 0.735. The maximum atomic E-state index is 13.3. The van der Waals surface area contributed by atoms with Crippen molar-refractivity contribution >= 4 is 66.8 Å². The zero-order chi connectivity index (χ0) is 43.5. The van der Waals surface area contributed by atoms with Crippen LogP contribution in [0, 0.1) is 11.3 Å². The second-order valence-corrected chi connectivity index (χ2v) is 22.3. The normalized spacial score (nSPS) is 28.1. The van der Waals surface area contributed by atoms with Gasteiger partial charge < -0.3 is 59.4 Å². The summed E-state index contributed by atoms with van der Waals surface area (Å²) in [5.41, 5.74) is 0.967. The lowest BCUT2D eigenvalue weighted by atomic mass is 9.69. The summed E-state index contributed by atoms with van der Waals surface area (Å²) in [5, 5.41) is 73.1. The molecule has 0 spiro atoms. The van der Waals surface area contributed by atoms with Crippen LogP contribution in [0.3, 0.4) is 0 Å². The second kappa shape index (κ2) is 23.5. The lowest BCUT2D eigenvalue weighted by Crippen LogP contribution is -2.61. The van der Waals surface area contributed by atoms with Gasteiger partial charge in [0.15, 0.2) is 18.9 Å². The zero-order valence-corrected chi connectivity index (χ0v) is 38.1. The number of thioether (sulfide) groups is 2. The minimum Gasteiger partial charge on any atom is -0.465 e. The molecule has 19 heteroatoms. The molecule has 332 valence electrons. The van der Waals surface area contributed by atoms with Crippen LogP contribution in [-0.2, 0) is 28.5 Å². The monoisotopic (exact) mass is 921 g/mol. The average Bonchev–Trinajstić information content (AvgIpc) is 3.20. The number of aliphatic hydroxyl groups excluding tert-OH is 7. The Morgan fingerprint density at radius 3 is 2.29 bits per heavy atom. The van der Waals surface area contributed by atoms with E-state index in [-0.39, 0.29) is 36.3 Å². The molecule has 2 aromatic rings. The predicted molar refractivity (Wildman–Crippen MR) is 234 cm³/mol. The summed E-state index contributed by atoms with van der Waals surface area (Å²) in [7, 11) is 3.12. The average molecular weight is 922 g/mol. The van der Waals surface area contributed by atoms with Crippen molar-refractivity contribution in [1.29, 1.82) is 0 Å². The summed E-state index contributed by atoms with van der Waals surface area (Å²) in [6, 6.07) is 13.1. The van der Waals surface area contributed by atoms with E-state index in [1.54, 1.807) is 63.4 Å². The van der Waals surface area contributed by atoms with Gasteiger partial charge in [0.25, 0.3) is 0 Å². The van der Waals surface area contributed by atoms with Crippen molar-refractivity contribution in [1.82, 2.24) is 4.98 Å². The summed E-state index contributed by atoms with van der Waals surface area (Å²) >= 11 is 8.98. The lowest BCUT2D eigenvalue weighted by Gasteiger charge is -2.43. The van der Waals surface area contributed by atoms with Crippen molar-refractivity contribution in [2.75, 3.05) is 31.3 Å². The van der Waals surface area contributed by atoms with Gasteiger partial charge in [-0.2, -0.15) is 0 Å². The molecule has 4 unspecified atom stereocenters. The van der Waals surface area contributed by atoms with E-state index in [0.717, 1.165) is 19.9 Å². The standard InChI is InChI=1S/C40H59NO13S5/c1-7-56-38(55)58-40(5,6)26(19-39(3,4)22(2)34(48)50-16-17-57-59-29-10-8-9-15-41-29)23-11-13-24(14-12-23)35(49)51-21-25-18-27(43)30(44)36(52-25)54-37-33(47)32(46)31(45)28(20-42)53-37/h8-15,22,25-28,30-33,35-37,42-47,49H,7,16-21H2,1-6H3/t22?,25-,26?,27-,28+,30+,31+,32?,33+,35?,36+,37+/m0/s1. The highest BCUT2D eigenvalue weighted by Crippen LogP contribution is 2.49. The first-order valence-electron chi connectivity index (χ1n) is 19.5. The zero-order valence-electron chi connectivity index (χ0n) is 34.1. The Labute approximate surface area is 368 Å². The van der Waals surface area contributed by atoms with Crippen LogP contribution in [0.1, 0.15) is 77.7 Å². The van der Waals surface area contributed by atoms with Gasteiger partial charge in [-0.25, -0.2) is 4.98 Å². The molecule has 0 bridgehead atoms. The molecule has 12 atom stereocenters. The number of benzene rings is 1. The quantitative estimate of drug-likeness (QED) is 0.0322. The van der Waals surface area contributed by atoms with E-state index in [4.69, 9.17) is 35.9 Å². The molecule has 14 nitrogen and oxygen atoms in total. The van der Waals surface area contributed by atoms with Crippen LogP contribution < -0.4 is 0 Å². The first kappa shape index (κ1) is 50.5. The molecule has 1 aromatic carbocycles. The molecule has 0 radical (unpaired) electrons. The Hall–Kier alpha value is -1.11. The van der Waals surface area contributed by atoms with Crippen molar-refractivity contribution in [2.45, 2.75) is 132 Å². The fraction of sp³-hybridized carbons (Fsp3) is 0.675. The topological polar surface area (TPSA) is 218 Å². The third-order valence-corrected chi connectivity index (χ3v) is 15.5. The number of carbonyl (C=O) groups excluding carboxylic acids is 1. The molecule has 2 aliphatic heterocycles. The third-order valence-electron chi connectivity index (χ3n) is 10.6. The number of nitrogens with zero attached hydrogens (tertiary/aromatic N) is 1. The molecule has 59 heavy (non-hydrogen) atoms. The number of hydrogen-bond acceptors (Lipinski definition) is 19. The lowest BCUT2D eigenvalue weighted by molar-refractivity contribution is -0.368. The van der Waals surface area contributed by atoms with E-state index in [2.05, 4.69) is 39.6 Å². The van der Waals surface area contributed by atoms with Crippen molar-refractivity contribution < 1.29 is 64.2 Å². The number of pyridine rings is 1. The highest BCUT2D eigenvalue weighted by molar-refractivity contribution is 8.76. The van der Waals surface area contributed by atoms with Crippen molar-refractivity contribution in [3.63, 3.8) is 0 Å². The molecule has 2 aliphatic rings. The summed E-state index contributed by atoms with van der Waals surface area (Å²) in [4.78, 5) is 17.6. The Morgan fingerprint density at radius 1 is 0.966 bits per heavy atom. The highest BCUT2D eigenvalue weighted by atomic mass is 33.1. The Kier molecular flexibility index (Phi) is 20.2. The molecule has 2 fully saturated rings. The van der Waals surface area contributed by atoms with Crippen LogP contribution >= 0.6 is 57.3 Å². The number of ether oxygens (including phenoxy) is 5. The van der Waals surface area contributed by atoms with Gasteiger partial charge in [-0.1, -0.05) is 81.0 Å². The number of aliphatic hydroxyl groups is 7. The Balaban J connectivity index is 1.39. The van der Waals surface area contributed by atoms with Crippen LogP contribution in [0.2, 0.25) is 0 Å². The summed E-state index contributed by atoms with van der Waals surface area (Å²) < 4.78 is 28.6. The van der Waals surface area contributed by atoms with Gasteiger partial charge in [0.05, 0.1) is 31.3 Å². The second-order valence-electron chi connectivity index (χ2n) is 15.7. The molecule has 0 aliphatic carbocycles. The third kappa shape index (κ3) is 14.5. The minimum absolute atomic E-state index is 0.0697. The van der Waals surface area contributed by atoms with Gasteiger partial charge in [-0.05, 0) is 65.8 Å². The molecule has 2 saturated heterocycles. The molecule has 7 N–H and O–H groups in total. The smallest absolute Gasteiger partial charge is 0.309 e. The van der Waals surface area contributed by atoms with Crippen molar-refractivity contribution in [3.05, 3.63) is 59.8 Å².